The number of phenols is 3. The maximum Gasteiger partial charge on any atom is 0.312 e. The molecule has 22 heteroatoms. The molecule has 6 aliphatic rings. The van der Waals surface area contributed by atoms with Crippen LogP contribution in [0.2, 0.25) is 10.0 Å². The fraction of sp³-hybridized carbons (Fsp3) is 0.371. The number of nitrogens with zero attached hydrogens (tertiary/aromatic N) is 6. The molecule has 20 nitrogen and oxygen atoms in total. The van der Waals surface area contributed by atoms with Gasteiger partial charge in [0.2, 0.25) is 0 Å². The predicted octanol–water partition coefficient (Wildman–Crippen LogP) is 11.8. The van der Waals surface area contributed by atoms with Gasteiger partial charge >= 0.3 is 11.8 Å². The summed E-state index contributed by atoms with van der Waals surface area (Å²) in [5.41, 5.74) is 6.25. The molecule has 0 radical (unpaired) electrons. The van der Waals surface area contributed by atoms with E-state index in [0.29, 0.717) is 23.1 Å². The number of benzene rings is 6. The van der Waals surface area contributed by atoms with Crippen molar-refractivity contribution in [1.82, 2.24) is 19.5 Å². The quantitative estimate of drug-likeness (QED) is 0.0245. The van der Waals surface area contributed by atoms with E-state index < -0.39 is 88.8 Å². The lowest BCUT2D eigenvalue weighted by molar-refractivity contribution is -0.160. The number of para-hydroxylation sites is 2. The first kappa shape index (κ1) is 67.9. The molecule has 5 aromatic rings. The minimum atomic E-state index is -2.04. The molecule has 5 heterocycles. The highest BCUT2D eigenvalue weighted by Gasteiger charge is 2.50. The lowest BCUT2D eigenvalue weighted by Crippen LogP contribution is -2.46. The van der Waals surface area contributed by atoms with Gasteiger partial charge in [-0.3, -0.25) is 24.4 Å². The SMILES string of the molecule is CC(C)/N=c1\cc2n(-c3ccc(Cl)cc3)c3ccccc3nc-2cc1Nc1ccc(Cl)cc1.CO[C@H]1/C=C/O[C@@]2(C)Oc3c(C)c(O)c4c(O)c(c(/C=N/N5CCN(C)CC5)c(O)c4c3C2=O)NC(=O)/C(C)=C\C=C\[C@H](C)[C@H](O)[C@@H](C)[C@@H](O)[C@@H](C)[C@H](OC(C)=O)[C@@H]1C. The van der Waals surface area contributed by atoms with Crippen LogP contribution in [-0.4, -0.2) is 145 Å². The fourth-order valence-electron chi connectivity index (χ4n) is 11.8. The van der Waals surface area contributed by atoms with Gasteiger partial charge in [-0.1, -0.05) is 81.3 Å². The second kappa shape index (κ2) is 28.6. The number of hydrazone groups is 1. The molecule has 7 N–H and O–H groups in total. The van der Waals surface area contributed by atoms with Crippen molar-refractivity contribution in [3.05, 3.63) is 153 Å². The number of esters is 1. The topological polar surface area (TPSA) is 262 Å². The van der Waals surface area contributed by atoms with Crippen molar-refractivity contribution in [2.45, 2.75) is 105 Å². The summed E-state index contributed by atoms with van der Waals surface area (Å²) in [4.78, 5) is 52.5. The number of ketones is 1. The van der Waals surface area contributed by atoms with E-state index in [-0.39, 0.29) is 50.5 Å². The summed E-state index contributed by atoms with van der Waals surface area (Å²) in [5.74, 6) is -8.34. The Bertz CT molecular complexity index is 4070. The number of methoxy groups -OCH3 is 1. The molecule has 5 aromatic carbocycles. The number of likely N-dealkylation sites (N-methyl/N-ethyl adjacent to an activating group) is 1. The number of hydrogen-bond acceptors (Lipinski definition) is 18. The fourth-order valence-corrected chi connectivity index (χ4v) is 12.1. The first-order chi connectivity index (χ1) is 43.7. The number of aliphatic hydroxyl groups is 2. The van der Waals surface area contributed by atoms with E-state index in [4.69, 9.17) is 52.1 Å². The number of hydrogen-bond donors (Lipinski definition) is 7. The van der Waals surface area contributed by atoms with Crippen LogP contribution in [-0.2, 0) is 23.8 Å². The molecule has 1 aliphatic carbocycles. The summed E-state index contributed by atoms with van der Waals surface area (Å²) in [6, 6.07) is 27.9. The Morgan fingerprint density at radius 3 is 2.17 bits per heavy atom. The molecule has 486 valence electrons. The summed E-state index contributed by atoms with van der Waals surface area (Å²) >= 11 is 12.2. The van der Waals surface area contributed by atoms with Gasteiger partial charge in [-0.15, -0.1) is 0 Å². The van der Waals surface area contributed by atoms with Gasteiger partial charge in [0.05, 0.1) is 86.5 Å². The van der Waals surface area contributed by atoms with Gasteiger partial charge in [0.1, 0.15) is 23.4 Å². The summed E-state index contributed by atoms with van der Waals surface area (Å²) in [7, 11) is 3.42. The van der Waals surface area contributed by atoms with Crippen molar-refractivity contribution in [2.75, 3.05) is 51.0 Å². The Morgan fingerprint density at radius 1 is 0.859 bits per heavy atom. The zero-order valence-corrected chi connectivity index (χ0v) is 55.1. The molecule has 5 bridgehead atoms. The molecule has 9 atom stereocenters. The Kier molecular flexibility index (Phi) is 21.1. The van der Waals surface area contributed by atoms with Gasteiger partial charge in [0.15, 0.2) is 5.75 Å². The van der Waals surface area contributed by atoms with Crippen molar-refractivity contribution < 1.29 is 58.9 Å². The lowest BCUT2D eigenvalue weighted by Gasteiger charge is -2.38. The molecular formula is C70H80Cl2N8O12. The number of allylic oxidation sites excluding steroid dienone is 2. The van der Waals surface area contributed by atoms with Gasteiger partial charge in [-0.2, -0.15) is 5.10 Å². The normalized spacial score (nSPS) is 24.9. The molecule has 0 aromatic heterocycles. The molecule has 1 saturated heterocycles. The summed E-state index contributed by atoms with van der Waals surface area (Å²) in [6.07, 6.45) is 4.86. The lowest BCUT2D eigenvalue weighted by atomic mass is 9.78. The Hall–Kier alpha value is -8.50. The maximum atomic E-state index is 14.4. The molecule has 5 aliphatic heterocycles. The van der Waals surface area contributed by atoms with Crippen LogP contribution < -0.4 is 20.7 Å². The number of aliphatic hydroxyl groups excluding tert-OH is 2. The second-order valence-electron chi connectivity index (χ2n) is 24.2. The number of anilines is 3. The number of carbonyl (C=O) groups is 3. The Morgan fingerprint density at radius 2 is 1.52 bits per heavy atom. The molecule has 1 amide bonds. The van der Waals surface area contributed by atoms with Crippen LogP contribution in [0.3, 0.4) is 0 Å². The van der Waals surface area contributed by atoms with Crippen LogP contribution in [0, 0.1) is 30.6 Å². The van der Waals surface area contributed by atoms with Gasteiger partial charge in [0, 0.05) is 115 Å². The van der Waals surface area contributed by atoms with E-state index in [1.807, 2.05) is 73.8 Å². The number of aromatic hydroxyl groups is 3. The van der Waals surface area contributed by atoms with Gasteiger partial charge < -0.3 is 64.6 Å². The summed E-state index contributed by atoms with van der Waals surface area (Å²) < 4.78 is 25.8. The molecule has 0 unspecified atom stereocenters. The summed E-state index contributed by atoms with van der Waals surface area (Å²) in [5, 5.41) is 72.6. The second-order valence-corrected chi connectivity index (χ2v) is 25.1. The number of aromatic nitrogens is 2. The molecule has 92 heavy (non-hydrogen) atoms. The number of carbonyl (C=O) groups excluding carboxylic acids is 3. The number of rotatable bonds is 8. The van der Waals surface area contributed by atoms with Crippen molar-refractivity contribution in [1.29, 1.82) is 0 Å². The largest absolute Gasteiger partial charge is 0.507 e. The molecule has 0 spiro atoms. The first-order valence-electron chi connectivity index (χ1n) is 30.5. The average molecular weight is 1300 g/mol. The number of halogens is 2. The minimum absolute atomic E-state index is 0.0559. The van der Waals surface area contributed by atoms with Gasteiger partial charge in [-0.05, 0) is 114 Å². The highest BCUT2D eigenvalue weighted by atomic mass is 35.5. The monoisotopic (exact) mass is 1290 g/mol. The number of nitrogens with one attached hydrogen (secondary N) is 2. The van der Waals surface area contributed by atoms with Crippen molar-refractivity contribution in [2.24, 2.45) is 33.8 Å². The predicted molar refractivity (Wildman–Crippen MR) is 359 cm³/mol. The van der Waals surface area contributed by atoms with Crippen LogP contribution in [0.5, 0.6) is 23.0 Å². The average Bonchev–Trinajstić information content (AvgIpc) is 1.45. The smallest absolute Gasteiger partial charge is 0.312 e. The van der Waals surface area contributed by atoms with Crippen molar-refractivity contribution in [3.8, 4) is 40.1 Å². The highest BCUT2D eigenvalue weighted by Crippen LogP contribution is 2.55. The van der Waals surface area contributed by atoms with E-state index in [1.54, 1.807) is 44.9 Å². The van der Waals surface area contributed by atoms with E-state index in [2.05, 4.69) is 57.2 Å². The van der Waals surface area contributed by atoms with E-state index in [1.165, 1.54) is 59.4 Å². The van der Waals surface area contributed by atoms with Crippen molar-refractivity contribution in [3.63, 3.8) is 0 Å². The standard InChI is InChI=1S/C43H58N4O12.C27H22Cl2N4/c1-21-12-11-13-22(2)42(55)45-33-28(20-44-47-17-15-46(9)16-18-47)37(52)30-31(38(33)53)36(51)26(6)40-32(30)41(54)43(8,59-40)57-19-14-29(56-10)23(3)39(58-27(7)48)25(5)35(50)24(4)34(21)49;1-17(2)30-24-16-27-25(15-23(24)31-20-11-7-18(28)8-12-20)32-22-5-3-4-6-26(22)33(27)21-13-9-19(29)10-14-21/h11-14,19-21,23-25,29,34-35,39,49-53H,15-18H2,1-10H3,(H,45,55);3-17,31H,1-2H3/b12-11+,19-14+,22-13-,44-20+;30-24+/t21-,23+,24+,25+,29-,34-,35+,39+,43-;/m0./s1. The number of piperazine rings is 1. The Balaban J connectivity index is 0.000000254. The molecule has 0 saturated carbocycles. The number of fused-ring (bicyclic) bond motifs is 16. The zero-order chi connectivity index (χ0) is 66.6. The zero-order valence-electron chi connectivity index (χ0n) is 53.6. The highest BCUT2D eigenvalue weighted by molar-refractivity contribution is 6.31. The number of amides is 1. The number of phenolic OH excluding ortho intramolecular Hbond substituents is 3. The Labute approximate surface area is 545 Å². The van der Waals surface area contributed by atoms with Crippen LogP contribution in [0.15, 0.2) is 131 Å². The van der Waals surface area contributed by atoms with Crippen LogP contribution >= 0.6 is 23.2 Å². The van der Waals surface area contributed by atoms with E-state index in [0.717, 1.165) is 57.9 Å². The minimum Gasteiger partial charge on any atom is -0.507 e. The summed E-state index contributed by atoms with van der Waals surface area (Å²) in [6.45, 7) is 19.2. The third-order valence-electron chi connectivity index (χ3n) is 17.2. The number of Topliss-reactive ketones (excluding diaryl/α,β-unsaturated/α-hetero) is 1. The van der Waals surface area contributed by atoms with Crippen LogP contribution in [0.4, 0.5) is 17.1 Å². The molecular weight excluding hydrogens is 1220 g/mol. The van der Waals surface area contributed by atoms with Gasteiger partial charge in [-0.25, -0.2) is 4.98 Å². The third-order valence-corrected chi connectivity index (χ3v) is 17.7. The third kappa shape index (κ3) is 14.4. The van der Waals surface area contributed by atoms with E-state index >= 15 is 0 Å². The molecule has 11 rings (SSSR count). The van der Waals surface area contributed by atoms with Crippen LogP contribution in [0.25, 0.3) is 38.9 Å². The van der Waals surface area contributed by atoms with Crippen LogP contribution in [0.1, 0.15) is 83.8 Å². The maximum absolute atomic E-state index is 14.4. The molecule has 1 fully saturated rings. The van der Waals surface area contributed by atoms with Gasteiger partial charge in [0.25, 0.3) is 11.7 Å². The van der Waals surface area contributed by atoms with E-state index in [9.17, 15) is 39.9 Å². The van der Waals surface area contributed by atoms with Crippen molar-refractivity contribution >= 4 is 85.9 Å². The first-order valence-corrected chi connectivity index (χ1v) is 31.3. The number of ether oxygens (including phenoxy) is 4.